The van der Waals surface area contributed by atoms with E-state index in [-0.39, 0.29) is 11.3 Å². The zero-order chi connectivity index (χ0) is 14.2. The molecule has 2 rings (SSSR count). The van der Waals surface area contributed by atoms with Crippen LogP contribution in [0.1, 0.15) is 26.3 Å². The van der Waals surface area contributed by atoms with Gasteiger partial charge in [-0.05, 0) is 30.0 Å². The number of nitrogens with one attached hydrogen (secondary N) is 1. The highest BCUT2D eigenvalue weighted by atomic mass is 32.1. The summed E-state index contributed by atoms with van der Waals surface area (Å²) in [5, 5.41) is 3.40. The van der Waals surface area contributed by atoms with Crippen molar-refractivity contribution in [2.24, 2.45) is 11.1 Å². The molecule has 2 aromatic rings. The second kappa shape index (κ2) is 4.90. The summed E-state index contributed by atoms with van der Waals surface area (Å²) in [6, 6.07) is 5.47. The maximum Gasteiger partial charge on any atom is 0.243 e. The van der Waals surface area contributed by atoms with Crippen molar-refractivity contribution in [2.75, 3.05) is 5.32 Å². The zero-order valence-electron chi connectivity index (χ0n) is 11.7. The van der Waals surface area contributed by atoms with E-state index in [0.717, 1.165) is 10.2 Å². The minimum absolute atomic E-state index is 0.191. The lowest BCUT2D eigenvalue weighted by molar-refractivity contribution is -0.119. The molecule has 0 bridgehead atoms. The Balaban J connectivity index is 2.20. The molecule has 1 atom stereocenters. The zero-order valence-corrected chi connectivity index (χ0v) is 12.5. The molecule has 5 heteroatoms. The molecule has 0 saturated heterocycles. The number of carbonyl (C=O) groups is 1. The van der Waals surface area contributed by atoms with Crippen LogP contribution in [0.25, 0.3) is 10.2 Å². The van der Waals surface area contributed by atoms with Crippen LogP contribution in [0.4, 0.5) is 5.13 Å². The van der Waals surface area contributed by atoms with Gasteiger partial charge < -0.3 is 11.1 Å². The van der Waals surface area contributed by atoms with Crippen LogP contribution in [0.3, 0.4) is 0 Å². The molecule has 0 radical (unpaired) electrons. The Morgan fingerprint density at radius 2 is 2.11 bits per heavy atom. The van der Waals surface area contributed by atoms with E-state index in [0.29, 0.717) is 5.13 Å². The number of aryl methyl sites for hydroxylation is 1. The topological polar surface area (TPSA) is 68.0 Å². The lowest BCUT2D eigenvalue weighted by atomic mass is 9.87. The largest absolute Gasteiger partial charge is 0.319 e. The van der Waals surface area contributed by atoms with Crippen LogP contribution in [-0.2, 0) is 4.79 Å². The molecule has 1 heterocycles. The average molecular weight is 277 g/mol. The summed E-state index contributed by atoms with van der Waals surface area (Å²) in [6.07, 6.45) is 0. The molecule has 4 nitrogen and oxygen atoms in total. The molecule has 102 valence electrons. The van der Waals surface area contributed by atoms with Gasteiger partial charge in [-0.1, -0.05) is 38.2 Å². The summed E-state index contributed by atoms with van der Waals surface area (Å²) in [7, 11) is 0. The maximum absolute atomic E-state index is 12.0. The van der Waals surface area contributed by atoms with Crippen molar-refractivity contribution in [1.82, 2.24) is 4.98 Å². The van der Waals surface area contributed by atoms with Gasteiger partial charge in [-0.2, -0.15) is 0 Å². The SMILES string of the molecule is Cc1ccc2nc(NC(=O)[C@H](N)C(C)(C)C)sc2c1. The van der Waals surface area contributed by atoms with Crippen LogP contribution >= 0.6 is 11.3 Å². The maximum atomic E-state index is 12.0. The van der Waals surface area contributed by atoms with Crippen molar-refractivity contribution in [1.29, 1.82) is 0 Å². The van der Waals surface area contributed by atoms with Crippen molar-refractivity contribution in [3.05, 3.63) is 23.8 Å². The molecule has 0 spiro atoms. The van der Waals surface area contributed by atoms with Gasteiger partial charge in [0.25, 0.3) is 0 Å². The number of fused-ring (bicyclic) bond motifs is 1. The number of hydrogen-bond acceptors (Lipinski definition) is 4. The van der Waals surface area contributed by atoms with Crippen LogP contribution in [0.2, 0.25) is 0 Å². The van der Waals surface area contributed by atoms with Crippen LogP contribution in [0.5, 0.6) is 0 Å². The first kappa shape index (κ1) is 14.0. The Morgan fingerprint density at radius 1 is 1.42 bits per heavy atom. The van der Waals surface area contributed by atoms with Gasteiger partial charge in [-0.25, -0.2) is 4.98 Å². The van der Waals surface area contributed by atoms with E-state index in [1.54, 1.807) is 0 Å². The fraction of sp³-hybridized carbons (Fsp3) is 0.429. The molecule has 1 amide bonds. The highest BCUT2D eigenvalue weighted by Gasteiger charge is 2.27. The van der Waals surface area contributed by atoms with Crippen LogP contribution in [0, 0.1) is 12.3 Å². The number of thiazole rings is 1. The van der Waals surface area contributed by atoms with Crippen molar-refractivity contribution in [3.8, 4) is 0 Å². The Morgan fingerprint density at radius 3 is 2.74 bits per heavy atom. The van der Waals surface area contributed by atoms with Gasteiger partial charge in [-0.15, -0.1) is 0 Å². The Kier molecular flexibility index (Phi) is 3.60. The number of rotatable bonds is 2. The van der Waals surface area contributed by atoms with Gasteiger partial charge >= 0.3 is 0 Å². The fourth-order valence-electron chi connectivity index (χ4n) is 1.66. The monoisotopic (exact) mass is 277 g/mol. The summed E-state index contributed by atoms with van der Waals surface area (Å²) < 4.78 is 1.07. The number of carbonyl (C=O) groups excluding carboxylic acids is 1. The third kappa shape index (κ3) is 3.11. The summed E-state index contributed by atoms with van der Waals surface area (Å²) in [5.74, 6) is -0.191. The number of nitrogens with two attached hydrogens (primary N) is 1. The second-order valence-corrected chi connectivity index (χ2v) is 6.85. The first-order valence-corrected chi connectivity index (χ1v) is 7.02. The Hall–Kier alpha value is -1.46. The predicted molar refractivity (Wildman–Crippen MR) is 80.4 cm³/mol. The first-order valence-electron chi connectivity index (χ1n) is 6.21. The van der Waals surface area contributed by atoms with E-state index in [2.05, 4.69) is 16.4 Å². The Labute approximate surface area is 117 Å². The highest BCUT2D eigenvalue weighted by molar-refractivity contribution is 7.22. The third-order valence-corrected chi connectivity index (χ3v) is 3.92. The molecular weight excluding hydrogens is 258 g/mol. The number of anilines is 1. The van der Waals surface area contributed by atoms with Crippen molar-refractivity contribution in [3.63, 3.8) is 0 Å². The first-order chi connectivity index (χ1) is 8.77. The van der Waals surface area contributed by atoms with Crippen LogP contribution < -0.4 is 11.1 Å². The minimum Gasteiger partial charge on any atom is -0.319 e. The summed E-state index contributed by atoms with van der Waals surface area (Å²) in [5.41, 5.74) is 7.74. The van der Waals surface area contributed by atoms with Crippen molar-refractivity contribution in [2.45, 2.75) is 33.7 Å². The van der Waals surface area contributed by atoms with E-state index in [1.165, 1.54) is 16.9 Å². The van der Waals surface area contributed by atoms with Gasteiger partial charge in [-0.3, -0.25) is 4.79 Å². The predicted octanol–water partition coefficient (Wildman–Crippen LogP) is 2.92. The second-order valence-electron chi connectivity index (χ2n) is 5.82. The van der Waals surface area contributed by atoms with E-state index >= 15 is 0 Å². The number of benzene rings is 1. The average Bonchev–Trinajstić information content (AvgIpc) is 2.67. The third-order valence-electron chi connectivity index (χ3n) is 2.99. The lowest BCUT2D eigenvalue weighted by Crippen LogP contribution is -2.45. The molecule has 1 aromatic heterocycles. The lowest BCUT2D eigenvalue weighted by Gasteiger charge is -2.25. The molecule has 0 fully saturated rings. The number of aromatic nitrogens is 1. The van der Waals surface area contributed by atoms with E-state index in [4.69, 9.17) is 5.73 Å². The van der Waals surface area contributed by atoms with Gasteiger partial charge in [0.05, 0.1) is 16.3 Å². The number of nitrogens with zero attached hydrogens (tertiary/aromatic N) is 1. The molecular formula is C14H19N3OS. The number of amides is 1. The van der Waals surface area contributed by atoms with Gasteiger partial charge in [0.2, 0.25) is 5.91 Å². The standard InChI is InChI=1S/C14H19N3OS/c1-8-5-6-9-10(7-8)19-13(16-9)17-12(18)11(15)14(2,3)4/h5-7,11H,15H2,1-4H3,(H,16,17,18)/t11-/m0/s1. The minimum atomic E-state index is -0.554. The van der Waals surface area contributed by atoms with E-state index < -0.39 is 6.04 Å². The van der Waals surface area contributed by atoms with E-state index in [9.17, 15) is 4.79 Å². The van der Waals surface area contributed by atoms with E-state index in [1.807, 2.05) is 39.8 Å². The highest BCUT2D eigenvalue weighted by Crippen LogP contribution is 2.27. The van der Waals surface area contributed by atoms with Crippen molar-refractivity contribution >= 4 is 32.6 Å². The molecule has 3 N–H and O–H groups in total. The van der Waals surface area contributed by atoms with Gasteiger partial charge in [0, 0.05) is 0 Å². The summed E-state index contributed by atoms with van der Waals surface area (Å²) in [6.45, 7) is 7.86. The van der Waals surface area contributed by atoms with Crippen molar-refractivity contribution < 1.29 is 4.79 Å². The van der Waals surface area contributed by atoms with Crippen LogP contribution in [0.15, 0.2) is 18.2 Å². The summed E-state index contributed by atoms with van der Waals surface area (Å²) in [4.78, 5) is 16.4. The number of hydrogen-bond donors (Lipinski definition) is 2. The quantitative estimate of drug-likeness (QED) is 0.887. The normalized spacial score (nSPS) is 13.5. The molecule has 0 aliphatic rings. The molecule has 0 aliphatic carbocycles. The van der Waals surface area contributed by atoms with Gasteiger partial charge in [0.15, 0.2) is 5.13 Å². The molecule has 1 aromatic carbocycles. The van der Waals surface area contributed by atoms with Crippen LogP contribution in [-0.4, -0.2) is 16.9 Å². The fourth-order valence-corrected chi connectivity index (χ4v) is 2.63. The summed E-state index contributed by atoms with van der Waals surface area (Å²) >= 11 is 1.47. The molecule has 19 heavy (non-hydrogen) atoms. The smallest absolute Gasteiger partial charge is 0.243 e. The molecule has 0 unspecified atom stereocenters. The van der Waals surface area contributed by atoms with Gasteiger partial charge in [0.1, 0.15) is 0 Å². The molecule has 0 saturated carbocycles. The Bertz CT molecular complexity index is 613. The molecule has 0 aliphatic heterocycles.